The van der Waals surface area contributed by atoms with Crippen molar-refractivity contribution in [2.75, 3.05) is 5.73 Å². The first-order valence-corrected chi connectivity index (χ1v) is 5.46. The van der Waals surface area contributed by atoms with Gasteiger partial charge in [0.2, 0.25) is 5.88 Å². The summed E-state index contributed by atoms with van der Waals surface area (Å²) >= 11 is 3.42. The molecule has 0 fully saturated rings. The molecule has 2 aromatic rings. The fraction of sp³-hybridized carbons (Fsp3) is 0.0909. The first-order valence-electron chi connectivity index (χ1n) is 4.66. The number of ether oxygens (including phenoxy) is 1. The first-order chi connectivity index (χ1) is 7.65. The summed E-state index contributed by atoms with van der Waals surface area (Å²) in [6.45, 7) is 2.01. The van der Waals surface area contributed by atoms with Crippen molar-refractivity contribution in [3.8, 4) is 11.6 Å². The molecule has 0 aliphatic carbocycles. The Morgan fingerprint density at radius 2 is 2.06 bits per heavy atom. The Morgan fingerprint density at radius 1 is 1.25 bits per heavy atom. The van der Waals surface area contributed by atoms with Gasteiger partial charge in [-0.25, -0.2) is 9.97 Å². The second kappa shape index (κ2) is 4.49. The number of nitrogens with zero attached hydrogens (tertiary/aromatic N) is 2. The molecule has 2 rings (SSSR count). The minimum Gasteiger partial charge on any atom is -0.438 e. The number of hydrogen-bond donors (Lipinski definition) is 1. The maximum absolute atomic E-state index is 5.57. The summed E-state index contributed by atoms with van der Waals surface area (Å²) in [5, 5.41) is 0. The Balaban J connectivity index is 2.27. The molecule has 1 aromatic heterocycles. The van der Waals surface area contributed by atoms with Crippen molar-refractivity contribution in [1.29, 1.82) is 0 Å². The highest BCUT2D eigenvalue weighted by Crippen LogP contribution is 2.29. The van der Waals surface area contributed by atoms with Crippen molar-refractivity contribution in [2.24, 2.45) is 0 Å². The lowest BCUT2D eigenvalue weighted by Crippen LogP contribution is -1.94. The van der Waals surface area contributed by atoms with E-state index in [9.17, 15) is 0 Å². The van der Waals surface area contributed by atoms with E-state index in [1.54, 1.807) is 6.07 Å². The van der Waals surface area contributed by atoms with Crippen LogP contribution >= 0.6 is 15.9 Å². The molecule has 4 nitrogen and oxygen atoms in total. The molecular formula is C11H10BrN3O. The van der Waals surface area contributed by atoms with Crippen LogP contribution in [0.4, 0.5) is 5.82 Å². The van der Waals surface area contributed by atoms with Gasteiger partial charge in [0.05, 0.1) is 4.47 Å². The molecule has 0 aliphatic heterocycles. The third-order valence-corrected chi connectivity index (χ3v) is 2.58. The summed E-state index contributed by atoms with van der Waals surface area (Å²) in [5.74, 6) is 1.51. The Bertz CT molecular complexity index is 516. The van der Waals surface area contributed by atoms with Crippen LogP contribution in [0.25, 0.3) is 0 Å². The standard InChI is InChI=1S/C11H10BrN3O/c1-7-2-3-9(8(12)4-7)16-11-5-10(13)14-6-15-11/h2-6H,1H3,(H2,13,14,15). The molecule has 0 saturated heterocycles. The molecular weight excluding hydrogens is 270 g/mol. The molecule has 1 heterocycles. The minimum atomic E-state index is 0.383. The van der Waals surface area contributed by atoms with E-state index >= 15 is 0 Å². The number of halogens is 1. The maximum atomic E-state index is 5.57. The first kappa shape index (κ1) is 10.9. The topological polar surface area (TPSA) is 61.0 Å². The summed E-state index contributed by atoms with van der Waals surface area (Å²) in [6, 6.07) is 7.38. The van der Waals surface area contributed by atoms with Gasteiger partial charge < -0.3 is 10.5 Å². The van der Waals surface area contributed by atoms with Gasteiger partial charge in [0.25, 0.3) is 0 Å². The Kier molecular flexibility index (Phi) is 3.05. The van der Waals surface area contributed by atoms with Crippen LogP contribution in [-0.4, -0.2) is 9.97 Å². The molecule has 0 radical (unpaired) electrons. The molecule has 0 spiro atoms. The average Bonchev–Trinajstić information content (AvgIpc) is 2.22. The third kappa shape index (κ3) is 2.49. The van der Waals surface area contributed by atoms with Crippen LogP contribution < -0.4 is 10.5 Å². The van der Waals surface area contributed by atoms with E-state index in [0.29, 0.717) is 17.4 Å². The molecule has 0 unspecified atom stereocenters. The smallest absolute Gasteiger partial charge is 0.224 e. The van der Waals surface area contributed by atoms with Gasteiger partial charge >= 0.3 is 0 Å². The second-order valence-electron chi connectivity index (χ2n) is 3.32. The van der Waals surface area contributed by atoms with Crippen LogP contribution in [0.2, 0.25) is 0 Å². The highest BCUT2D eigenvalue weighted by Gasteiger charge is 2.04. The van der Waals surface area contributed by atoms with E-state index in [0.717, 1.165) is 10.0 Å². The van der Waals surface area contributed by atoms with Gasteiger partial charge in [-0.2, -0.15) is 0 Å². The highest BCUT2D eigenvalue weighted by molar-refractivity contribution is 9.10. The van der Waals surface area contributed by atoms with Gasteiger partial charge in [-0.15, -0.1) is 0 Å². The minimum absolute atomic E-state index is 0.383. The van der Waals surface area contributed by atoms with Crippen LogP contribution in [0.3, 0.4) is 0 Å². The van der Waals surface area contributed by atoms with E-state index in [1.807, 2.05) is 25.1 Å². The van der Waals surface area contributed by atoms with Crippen molar-refractivity contribution in [3.63, 3.8) is 0 Å². The van der Waals surface area contributed by atoms with Gasteiger partial charge in [-0.05, 0) is 40.5 Å². The summed E-state index contributed by atoms with van der Waals surface area (Å²) in [6.07, 6.45) is 1.37. The van der Waals surface area contributed by atoms with E-state index in [2.05, 4.69) is 25.9 Å². The maximum Gasteiger partial charge on any atom is 0.224 e. The second-order valence-corrected chi connectivity index (χ2v) is 4.17. The number of aromatic nitrogens is 2. The van der Waals surface area contributed by atoms with Crippen LogP contribution in [0.5, 0.6) is 11.6 Å². The van der Waals surface area contributed by atoms with Crippen molar-refractivity contribution < 1.29 is 4.74 Å². The Labute approximate surface area is 102 Å². The number of benzene rings is 1. The van der Waals surface area contributed by atoms with Crippen LogP contribution in [0.15, 0.2) is 35.1 Å². The number of hydrogen-bond acceptors (Lipinski definition) is 4. The van der Waals surface area contributed by atoms with Gasteiger partial charge in [-0.1, -0.05) is 6.07 Å². The van der Waals surface area contributed by atoms with Gasteiger partial charge in [0.1, 0.15) is 17.9 Å². The number of rotatable bonds is 2. The van der Waals surface area contributed by atoms with E-state index in [1.165, 1.54) is 6.33 Å². The molecule has 16 heavy (non-hydrogen) atoms. The van der Waals surface area contributed by atoms with Crippen LogP contribution in [0, 0.1) is 6.92 Å². The molecule has 82 valence electrons. The molecule has 0 aliphatic rings. The zero-order valence-corrected chi connectivity index (χ0v) is 10.2. The summed E-state index contributed by atoms with van der Waals surface area (Å²) < 4.78 is 6.45. The van der Waals surface area contributed by atoms with Crippen molar-refractivity contribution in [2.45, 2.75) is 6.92 Å². The van der Waals surface area contributed by atoms with Crippen molar-refractivity contribution in [3.05, 3.63) is 40.6 Å². The van der Waals surface area contributed by atoms with Crippen molar-refractivity contribution in [1.82, 2.24) is 9.97 Å². The van der Waals surface area contributed by atoms with Crippen molar-refractivity contribution >= 4 is 21.7 Å². The van der Waals surface area contributed by atoms with Gasteiger partial charge in [0, 0.05) is 6.07 Å². The molecule has 0 saturated carbocycles. The number of aryl methyl sites for hydroxylation is 1. The summed E-state index contributed by atoms with van der Waals surface area (Å²) in [4.78, 5) is 7.76. The number of nitrogens with two attached hydrogens (primary N) is 1. The Hall–Kier alpha value is -1.62. The molecule has 0 amide bonds. The lowest BCUT2D eigenvalue weighted by Gasteiger charge is -2.07. The Morgan fingerprint density at radius 3 is 2.75 bits per heavy atom. The molecule has 1 aromatic carbocycles. The zero-order valence-electron chi connectivity index (χ0n) is 8.64. The molecule has 0 bridgehead atoms. The quantitative estimate of drug-likeness (QED) is 0.918. The van der Waals surface area contributed by atoms with E-state index < -0.39 is 0 Å². The number of anilines is 1. The molecule has 5 heteroatoms. The van der Waals surface area contributed by atoms with Gasteiger partial charge in [-0.3, -0.25) is 0 Å². The van der Waals surface area contributed by atoms with E-state index in [-0.39, 0.29) is 0 Å². The highest BCUT2D eigenvalue weighted by atomic mass is 79.9. The monoisotopic (exact) mass is 279 g/mol. The summed E-state index contributed by atoms with van der Waals surface area (Å²) in [5.41, 5.74) is 6.69. The predicted octanol–water partition coefficient (Wildman–Crippen LogP) is 2.92. The fourth-order valence-electron chi connectivity index (χ4n) is 1.21. The van der Waals surface area contributed by atoms with Crippen LogP contribution in [0.1, 0.15) is 5.56 Å². The normalized spacial score (nSPS) is 10.1. The average molecular weight is 280 g/mol. The van der Waals surface area contributed by atoms with Gasteiger partial charge in [0.15, 0.2) is 0 Å². The van der Waals surface area contributed by atoms with Crippen LogP contribution in [-0.2, 0) is 0 Å². The lowest BCUT2D eigenvalue weighted by atomic mass is 10.2. The SMILES string of the molecule is Cc1ccc(Oc2cc(N)ncn2)c(Br)c1. The lowest BCUT2D eigenvalue weighted by molar-refractivity contribution is 0.459. The molecule has 0 atom stereocenters. The zero-order chi connectivity index (χ0) is 11.5. The number of nitrogen functional groups attached to an aromatic ring is 1. The predicted molar refractivity (Wildman–Crippen MR) is 65.4 cm³/mol. The van der Waals surface area contributed by atoms with E-state index in [4.69, 9.17) is 10.5 Å². The summed E-state index contributed by atoms with van der Waals surface area (Å²) in [7, 11) is 0. The third-order valence-electron chi connectivity index (χ3n) is 1.97. The molecule has 2 N–H and O–H groups in total. The largest absolute Gasteiger partial charge is 0.438 e. The fourth-order valence-corrected chi connectivity index (χ4v) is 1.78.